The molecule has 7 nitrogen and oxygen atoms in total. The fourth-order valence-electron chi connectivity index (χ4n) is 2.07. The summed E-state index contributed by atoms with van der Waals surface area (Å²) >= 11 is 0. The zero-order valence-electron chi connectivity index (χ0n) is 10.6. The van der Waals surface area contributed by atoms with Crippen LogP contribution >= 0.6 is 0 Å². The molecule has 2 heterocycles. The number of nitrogens with zero attached hydrogens (tertiary/aromatic N) is 3. The van der Waals surface area contributed by atoms with Gasteiger partial charge < -0.3 is 20.8 Å². The molecule has 1 unspecified atom stereocenters. The minimum Gasteiger partial charge on any atom is -0.376 e. The van der Waals surface area contributed by atoms with Gasteiger partial charge in [0.05, 0.1) is 6.10 Å². The highest BCUT2D eigenvalue weighted by atomic mass is 16.5. The number of nitrogen functional groups attached to an aromatic ring is 2. The number of hydrazine groups is 1. The van der Waals surface area contributed by atoms with Crippen molar-refractivity contribution in [3.63, 3.8) is 0 Å². The van der Waals surface area contributed by atoms with Gasteiger partial charge in [-0.2, -0.15) is 9.97 Å². The van der Waals surface area contributed by atoms with E-state index in [0.717, 1.165) is 31.8 Å². The third kappa shape index (κ3) is 3.21. The van der Waals surface area contributed by atoms with Crippen LogP contribution in [-0.2, 0) is 4.74 Å². The number of nitrogens with two attached hydrogens (primary N) is 2. The average Bonchev–Trinajstić information content (AvgIpc) is 2.39. The molecule has 1 aliphatic rings. The van der Waals surface area contributed by atoms with Gasteiger partial charge in [-0.25, -0.2) is 5.84 Å². The van der Waals surface area contributed by atoms with Crippen LogP contribution in [-0.4, -0.2) is 36.3 Å². The van der Waals surface area contributed by atoms with Gasteiger partial charge in [0.25, 0.3) is 0 Å². The van der Waals surface area contributed by atoms with Crippen LogP contribution < -0.4 is 21.9 Å². The number of likely N-dealkylation sites (N-methyl/N-ethyl adjacent to an activating group) is 1. The van der Waals surface area contributed by atoms with E-state index in [1.165, 1.54) is 6.42 Å². The zero-order chi connectivity index (χ0) is 13.0. The van der Waals surface area contributed by atoms with Crippen molar-refractivity contribution in [2.45, 2.75) is 25.4 Å². The number of nitrogens with one attached hydrogen (secondary N) is 1. The summed E-state index contributed by atoms with van der Waals surface area (Å²) in [4.78, 5) is 10.2. The summed E-state index contributed by atoms with van der Waals surface area (Å²) < 4.78 is 5.70. The highest BCUT2D eigenvalue weighted by Crippen LogP contribution is 2.18. The van der Waals surface area contributed by atoms with Crippen LogP contribution in [0, 0.1) is 0 Å². The third-order valence-electron chi connectivity index (χ3n) is 3.02. The summed E-state index contributed by atoms with van der Waals surface area (Å²) in [5.74, 6) is 6.79. The Morgan fingerprint density at radius 1 is 1.50 bits per heavy atom. The van der Waals surface area contributed by atoms with Crippen LogP contribution in [0.5, 0.6) is 0 Å². The molecular formula is C11H20N6O. The van der Waals surface area contributed by atoms with Crippen molar-refractivity contribution in [3.05, 3.63) is 6.07 Å². The molecule has 100 valence electrons. The highest BCUT2D eigenvalue weighted by Gasteiger charge is 2.17. The summed E-state index contributed by atoms with van der Waals surface area (Å²) in [6.45, 7) is 1.64. The van der Waals surface area contributed by atoms with Crippen molar-refractivity contribution in [2.75, 3.05) is 36.3 Å². The Balaban J connectivity index is 2.02. The molecule has 1 atom stereocenters. The van der Waals surface area contributed by atoms with Gasteiger partial charge in [0.15, 0.2) is 0 Å². The molecule has 0 radical (unpaired) electrons. The van der Waals surface area contributed by atoms with Crippen molar-refractivity contribution in [3.8, 4) is 0 Å². The maximum Gasteiger partial charge on any atom is 0.223 e. The molecule has 1 fully saturated rings. The second kappa shape index (κ2) is 5.83. The van der Waals surface area contributed by atoms with Crippen molar-refractivity contribution < 1.29 is 4.74 Å². The fourth-order valence-corrected chi connectivity index (χ4v) is 2.07. The SMILES string of the molecule is CN(CC1CCCCO1)c1cc(NN)nc(N)n1. The van der Waals surface area contributed by atoms with E-state index < -0.39 is 0 Å². The van der Waals surface area contributed by atoms with Gasteiger partial charge in [-0.15, -0.1) is 0 Å². The number of hydrogen-bond donors (Lipinski definition) is 3. The van der Waals surface area contributed by atoms with E-state index in [9.17, 15) is 0 Å². The number of aromatic nitrogens is 2. The minimum atomic E-state index is 0.205. The Labute approximate surface area is 106 Å². The molecule has 7 heteroatoms. The van der Waals surface area contributed by atoms with Gasteiger partial charge >= 0.3 is 0 Å². The van der Waals surface area contributed by atoms with E-state index >= 15 is 0 Å². The molecule has 1 saturated heterocycles. The van der Waals surface area contributed by atoms with Crippen LogP contribution in [0.15, 0.2) is 6.07 Å². The number of rotatable bonds is 4. The minimum absolute atomic E-state index is 0.205. The number of anilines is 3. The molecule has 0 amide bonds. The maximum atomic E-state index is 5.70. The molecule has 0 aromatic carbocycles. The topological polar surface area (TPSA) is 102 Å². The lowest BCUT2D eigenvalue weighted by Crippen LogP contribution is -2.34. The average molecular weight is 252 g/mol. The largest absolute Gasteiger partial charge is 0.376 e. The number of ether oxygens (including phenoxy) is 1. The van der Waals surface area contributed by atoms with E-state index in [2.05, 4.69) is 15.4 Å². The normalized spacial score (nSPS) is 19.6. The number of hydrogen-bond acceptors (Lipinski definition) is 7. The van der Waals surface area contributed by atoms with Gasteiger partial charge in [0.1, 0.15) is 11.6 Å². The van der Waals surface area contributed by atoms with Gasteiger partial charge in [-0.05, 0) is 19.3 Å². The molecule has 1 aromatic rings. The summed E-state index contributed by atoms with van der Waals surface area (Å²) in [5, 5.41) is 0. The monoisotopic (exact) mass is 252 g/mol. The Hall–Kier alpha value is -1.60. The smallest absolute Gasteiger partial charge is 0.223 e. The first-order chi connectivity index (χ1) is 8.69. The molecule has 0 spiro atoms. The second-order valence-corrected chi connectivity index (χ2v) is 4.48. The molecule has 1 aliphatic heterocycles. The summed E-state index contributed by atoms with van der Waals surface area (Å²) in [6.07, 6.45) is 3.73. The third-order valence-corrected chi connectivity index (χ3v) is 3.02. The van der Waals surface area contributed by atoms with Crippen molar-refractivity contribution in [1.82, 2.24) is 9.97 Å². The van der Waals surface area contributed by atoms with Crippen LogP contribution in [0.3, 0.4) is 0 Å². The fraction of sp³-hybridized carbons (Fsp3) is 0.636. The molecule has 1 aromatic heterocycles. The van der Waals surface area contributed by atoms with Gasteiger partial charge in [0.2, 0.25) is 5.95 Å². The van der Waals surface area contributed by atoms with Crippen molar-refractivity contribution >= 4 is 17.6 Å². The molecule has 18 heavy (non-hydrogen) atoms. The van der Waals surface area contributed by atoms with Gasteiger partial charge in [-0.1, -0.05) is 0 Å². The zero-order valence-corrected chi connectivity index (χ0v) is 10.6. The van der Waals surface area contributed by atoms with Crippen LogP contribution in [0.2, 0.25) is 0 Å². The van der Waals surface area contributed by atoms with E-state index in [4.69, 9.17) is 16.3 Å². The van der Waals surface area contributed by atoms with Crippen LogP contribution in [0.4, 0.5) is 17.6 Å². The highest BCUT2D eigenvalue weighted by molar-refractivity contribution is 5.51. The maximum absolute atomic E-state index is 5.70. The van der Waals surface area contributed by atoms with E-state index in [1.807, 2.05) is 11.9 Å². The Morgan fingerprint density at radius 3 is 3.00 bits per heavy atom. The van der Waals surface area contributed by atoms with E-state index in [0.29, 0.717) is 5.82 Å². The molecule has 0 bridgehead atoms. The summed E-state index contributed by atoms with van der Waals surface area (Å²) in [6, 6.07) is 1.76. The molecular weight excluding hydrogens is 232 g/mol. The summed E-state index contributed by atoms with van der Waals surface area (Å²) in [5.41, 5.74) is 8.11. The van der Waals surface area contributed by atoms with Crippen LogP contribution in [0.25, 0.3) is 0 Å². The predicted octanol–water partition coefficient (Wildman–Crippen LogP) is 0.350. The predicted molar refractivity (Wildman–Crippen MR) is 71.1 cm³/mol. The summed E-state index contributed by atoms with van der Waals surface area (Å²) in [7, 11) is 1.96. The van der Waals surface area contributed by atoms with Crippen molar-refractivity contribution in [1.29, 1.82) is 0 Å². The first kappa shape index (κ1) is 12.8. The van der Waals surface area contributed by atoms with E-state index in [1.54, 1.807) is 6.07 Å². The Bertz CT molecular complexity index is 393. The Morgan fingerprint density at radius 2 is 2.33 bits per heavy atom. The van der Waals surface area contributed by atoms with Crippen molar-refractivity contribution in [2.24, 2.45) is 5.84 Å². The van der Waals surface area contributed by atoms with Gasteiger partial charge in [-0.3, -0.25) is 0 Å². The van der Waals surface area contributed by atoms with Crippen LogP contribution in [0.1, 0.15) is 19.3 Å². The molecule has 0 aliphatic carbocycles. The lowest BCUT2D eigenvalue weighted by molar-refractivity contribution is 0.0215. The second-order valence-electron chi connectivity index (χ2n) is 4.48. The standard InChI is InChI=1S/C11H20N6O/c1-17(7-8-4-2-3-5-18-8)10-6-9(16-13)14-11(12)15-10/h6,8H,2-5,7,13H2,1H3,(H3,12,14,15,16). The lowest BCUT2D eigenvalue weighted by Gasteiger charge is -2.28. The first-order valence-electron chi connectivity index (χ1n) is 6.13. The van der Waals surface area contributed by atoms with E-state index in [-0.39, 0.29) is 12.1 Å². The molecule has 5 N–H and O–H groups in total. The molecule has 0 saturated carbocycles. The Kier molecular flexibility index (Phi) is 4.16. The molecule has 2 rings (SSSR count). The first-order valence-corrected chi connectivity index (χ1v) is 6.13. The quantitative estimate of drug-likeness (QED) is 0.525. The lowest BCUT2D eigenvalue weighted by atomic mass is 10.1. The van der Waals surface area contributed by atoms with Gasteiger partial charge in [0, 0.05) is 26.3 Å².